The van der Waals surface area contributed by atoms with Crippen LogP contribution in [0.3, 0.4) is 0 Å². The van der Waals surface area contributed by atoms with Gasteiger partial charge in [-0.05, 0) is 56.5 Å². The Labute approximate surface area is 142 Å². The molecule has 0 aliphatic carbocycles. The first-order valence-corrected chi connectivity index (χ1v) is 7.90. The van der Waals surface area contributed by atoms with Crippen molar-refractivity contribution in [1.29, 1.82) is 0 Å². The van der Waals surface area contributed by atoms with Crippen LogP contribution in [0.25, 0.3) is 5.57 Å². The Hall–Kier alpha value is -2.23. The topological polar surface area (TPSA) is 26.3 Å². The maximum absolute atomic E-state index is 14.4. The van der Waals surface area contributed by atoms with Gasteiger partial charge in [-0.2, -0.15) is 0 Å². The highest BCUT2D eigenvalue weighted by atomic mass is 19.1. The quantitative estimate of drug-likeness (QED) is 0.479. The molecule has 1 aromatic carbocycles. The lowest BCUT2D eigenvalue weighted by molar-refractivity contribution is -0.143. The number of halogens is 2. The van der Waals surface area contributed by atoms with Crippen molar-refractivity contribution in [3.8, 4) is 0 Å². The van der Waals surface area contributed by atoms with E-state index in [1.54, 1.807) is 33.8 Å². The maximum Gasteiger partial charge on any atom is 0.306 e. The van der Waals surface area contributed by atoms with E-state index in [2.05, 4.69) is 6.58 Å². The van der Waals surface area contributed by atoms with Gasteiger partial charge in [-0.1, -0.05) is 24.3 Å². The summed E-state index contributed by atoms with van der Waals surface area (Å²) in [7, 11) is 0. The SMILES string of the molecule is C=C(C)/C=C(\C=C(/F)CCC(=O)OCC)c1c(C)cc(C)cc1F. The van der Waals surface area contributed by atoms with Gasteiger partial charge in [0.05, 0.1) is 13.0 Å². The lowest BCUT2D eigenvalue weighted by Crippen LogP contribution is -2.03. The zero-order valence-corrected chi connectivity index (χ0v) is 14.7. The molecule has 2 nitrogen and oxygen atoms in total. The van der Waals surface area contributed by atoms with Gasteiger partial charge in [-0.25, -0.2) is 8.78 Å². The molecule has 0 aliphatic heterocycles. The standard InChI is InChI=1S/C20H24F2O2/c1-6-24-19(23)8-7-17(21)12-16(9-13(2)3)20-15(5)10-14(4)11-18(20)22/h9-12H,2,6-8H2,1,3-5H3/b16-9+,17-12-. The highest BCUT2D eigenvalue weighted by molar-refractivity contribution is 5.79. The summed E-state index contributed by atoms with van der Waals surface area (Å²) >= 11 is 0. The Balaban J connectivity index is 3.14. The number of ether oxygens (including phenoxy) is 1. The number of rotatable bonds is 7. The second kappa shape index (κ2) is 9.16. The van der Waals surface area contributed by atoms with Crippen molar-refractivity contribution in [3.05, 3.63) is 64.8 Å². The molecular weight excluding hydrogens is 310 g/mol. The summed E-state index contributed by atoms with van der Waals surface area (Å²) in [6.07, 6.45) is 2.75. The Bertz CT molecular complexity index is 662. The van der Waals surface area contributed by atoms with Crippen LogP contribution >= 0.6 is 0 Å². The van der Waals surface area contributed by atoms with Gasteiger partial charge >= 0.3 is 5.97 Å². The predicted molar refractivity (Wildman–Crippen MR) is 93.7 cm³/mol. The second-order valence-electron chi connectivity index (χ2n) is 5.78. The summed E-state index contributed by atoms with van der Waals surface area (Å²) in [5.74, 6) is -1.37. The van der Waals surface area contributed by atoms with Crippen LogP contribution in [-0.4, -0.2) is 12.6 Å². The van der Waals surface area contributed by atoms with Crippen LogP contribution in [0.1, 0.15) is 43.4 Å². The van der Waals surface area contributed by atoms with Crippen LogP contribution in [0.5, 0.6) is 0 Å². The molecule has 0 saturated heterocycles. The maximum atomic E-state index is 14.4. The zero-order chi connectivity index (χ0) is 18.3. The van der Waals surface area contributed by atoms with Crippen molar-refractivity contribution in [2.45, 2.75) is 40.5 Å². The average molecular weight is 334 g/mol. The first kappa shape index (κ1) is 19.8. The largest absolute Gasteiger partial charge is 0.466 e. The lowest BCUT2D eigenvalue weighted by Gasteiger charge is -2.11. The highest BCUT2D eigenvalue weighted by Gasteiger charge is 2.12. The van der Waals surface area contributed by atoms with Crippen LogP contribution in [0.4, 0.5) is 8.78 Å². The highest BCUT2D eigenvalue weighted by Crippen LogP contribution is 2.28. The molecular formula is C20H24F2O2. The third kappa shape index (κ3) is 6.11. The van der Waals surface area contributed by atoms with Gasteiger partial charge in [0.2, 0.25) is 0 Å². The second-order valence-corrected chi connectivity index (χ2v) is 5.78. The molecule has 0 spiro atoms. The minimum absolute atomic E-state index is 0.0497. The molecule has 0 N–H and O–H groups in total. The number of hydrogen-bond acceptors (Lipinski definition) is 2. The Morgan fingerprint density at radius 1 is 1.25 bits per heavy atom. The van der Waals surface area contributed by atoms with Gasteiger partial charge < -0.3 is 4.74 Å². The van der Waals surface area contributed by atoms with Crippen molar-refractivity contribution < 1.29 is 18.3 Å². The van der Waals surface area contributed by atoms with Crippen molar-refractivity contribution in [3.63, 3.8) is 0 Å². The molecule has 0 saturated carbocycles. The summed E-state index contributed by atoms with van der Waals surface area (Å²) in [5, 5.41) is 0. The fraction of sp³-hybridized carbons (Fsp3) is 0.350. The summed E-state index contributed by atoms with van der Waals surface area (Å²) in [5.41, 5.74) is 2.94. The van der Waals surface area contributed by atoms with E-state index in [-0.39, 0.29) is 19.4 Å². The summed E-state index contributed by atoms with van der Waals surface area (Å²) < 4.78 is 33.3. The van der Waals surface area contributed by atoms with Gasteiger partial charge in [-0.15, -0.1) is 0 Å². The first-order valence-electron chi connectivity index (χ1n) is 7.90. The molecule has 4 heteroatoms. The molecule has 0 heterocycles. The normalized spacial score (nSPS) is 12.2. The summed E-state index contributed by atoms with van der Waals surface area (Å²) in [4.78, 5) is 11.3. The Morgan fingerprint density at radius 3 is 2.46 bits per heavy atom. The first-order chi connectivity index (χ1) is 11.2. The van der Waals surface area contributed by atoms with Crippen molar-refractivity contribution >= 4 is 11.5 Å². The molecule has 0 unspecified atom stereocenters. The van der Waals surface area contributed by atoms with Gasteiger partial charge in [0.15, 0.2) is 0 Å². The third-order valence-electron chi connectivity index (χ3n) is 3.31. The van der Waals surface area contributed by atoms with Gasteiger partial charge in [-0.3, -0.25) is 4.79 Å². The van der Waals surface area contributed by atoms with Gasteiger partial charge in [0, 0.05) is 12.0 Å². The smallest absolute Gasteiger partial charge is 0.306 e. The van der Waals surface area contributed by atoms with E-state index in [0.717, 1.165) is 11.1 Å². The Morgan fingerprint density at radius 2 is 1.92 bits per heavy atom. The minimum atomic E-state index is -0.505. The molecule has 0 radical (unpaired) electrons. The van der Waals surface area contributed by atoms with E-state index in [1.807, 2.05) is 6.07 Å². The van der Waals surface area contributed by atoms with E-state index in [1.165, 1.54) is 12.1 Å². The van der Waals surface area contributed by atoms with Gasteiger partial charge in [0.25, 0.3) is 0 Å². The molecule has 0 amide bonds. The molecule has 0 bridgehead atoms. The lowest BCUT2D eigenvalue weighted by atomic mass is 9.95. The number of carbonyl (C=O) groups excluding carboxylic acids is 1. The number of aryl methyl sites for hydroxylation is 2. The number of benzene rings is 1. The zero-order valence-electron chi connectivity index (χ0n) is 14.7. The van der Waals surface area contributed by atoms with E-state index in [9.17, 15) is 13.6 Å². The predicted octanol–water partition coefficient (Wildman–Crippen LogP) is 5.60. The molecule has 24 heavy (non-hydrogen) atoms. The number of allylic oxidation sites excluding steroid dienone is 5. The van der Waals surface area contributed by atoms with E-state index in [4.69, 9.17) is 4.74 Å². The van der Waals surface area contributed by atoms with Crippen molar-refractivity contribution in [2.75, 3.05) is 6.61 Å². The molecule has 1 rings (SSSR count). The molecule has 130 valence electrons. The van der Waals surface area contributed by atoms with E-state index in [0.29, 0.717) is 16.7 Å². The minimum Gasteiger partial charge on any atom is -0.466 e. The molecule has 0 fully saturated rings. The summed E-state index contributed by atoms with van der Waals surface area (Å²) in [6, 6.07) is 3.26. The number of hydrogen-bond donors (Lipinski definition) is 0. The third-order valence-corrected chi connectivity index (χ3v) is 3.31. The monoisotopic (exact) mass is 334 g/mol. The molecule has 0 atom stereocenters. The van der Waals surface area contributed by atoms with Crippen molar-refractivity contribution in [2.24, 2.45) is 0 Å². The van der Waals surface area contributed by atoms with E-state index < -0.39 is 17.6 Å². The summed E-state index contributed by atoms with van der Waals surface area (Å²) in [6.45, 7) is 11.1. The van der Waals surface area contributed by atoms with Gasteiger partial charge in [0.1, 0.15) is 11.6 Å². The molecule has 0 aliphatic rings. The van der Waals surface area contributed by atoms with Crippen LogP contribution in [0, 0.1) is 19.7 Å². The Kier molecular flexibility index (Phi) is 7.56. The molecule has 1 aromatic rings. The fourth-order valence-corrected chi connectivity index (χ4v) is 2.43. The van der Waals surface area contributed by atoms with Crippen molar-refractivity contribution in [1.82, 2.24) is 0 Å². The number of carbonyl (C=O) groups is 1. The van der Waals surface area contributed by atoms with Crippen LogP contribution < -0.4 is 0 Å². The van der Waals surface area contributed by atoms with Crippen LogP contribution in [0.15, 0.2) is 42.3 Å². The fourth-order valence-electron chi connectivity index (χ4n) is 2.43. The number of esters is 1. The average Bonchev–Trinajstić information content (AvgIpc) is 2.43. The molecule has 0 aromatic heterocycles. The van der Waals surface area contributed by atoms with Crippen LogP contribution in [-0.2, 0) is 9.53 Å². The van der Waals surface area contributed by atoms with Crippen LogP contribution in [0.2, 0.25) is 0 Å². The van der Waals surface area contributed by atoms with E-state index >= 15 is 0 Å².